The summed E-state index contributed by atoms with van der Waals surface area (Å²) in [6.07, 6.45) is 3.73. The standard InChI is InChI=1S/C29H32FN5O4S/c1-21(2)16-28-29(36)33(18-26-19-34(32-31-26)20-27-4-3-14-39-27)13-15-40(37,38)35(28)17-22-5-7-23(8-6-22)24-9-11-25(30)12-10-24/h3-12,14,19,21,28H,13,15-18,20H2,1-2H3. The van der Waals surface area contributed by atoms with Gasteiger partial charge in [-0.05, 0) is 53.3 Å². The van der Waals surface area contributed by atoms with E-state index in [4.69, 9.17) is 4.42 Å². The van der Waals surface area contributed by atoms with Gasteiger partial charge in [0.05, 0.1) is 24.8 Å². The molecule has 1 amide bonds. The number of carbonyl (C=O) groups excluding carboxylic acids is 1. The molecule has 1 saturated heterocycles. The summed E-state index contributed by atoms with van der Waals surface area (Å²) < 4.78 is 48.7. The van der Waals surface area contributed by atoms with Crippen LogP contribution >= 0.6 is 0 Å². The molecule has 1 fully saturated rings. The molecule has 0 bridgehead atoms. The van der Waals surface area contributed by atoms with Crippen LogP contribution in [0.4, 0.5) is 4.39 Å². The third-order valence-electron chi connectivity index (χ3n) is 6.92. The molecule has 11 heteroatoms. The minimum absolute atomic E-state index is 0.0702. The number of hydrogen-bond acceptors (Lipinski definition) is 6. The van der Waals surface area contributed by atoms with Crippen molar-refractivity contribution < 1.29 is 22.0 Å². The Balaban J connectivity index is 1.35. The SMILES string of the molecule is CC(C)CC1C(=O)N(Cc2cn(Cc3ccco3)nn2)CCS(=O)(=O)N1Cc1ccc(-c2ccc(F)cc2)cc1. The number of rotatable bonds is 9. The van der Waals surface area contributed by atoms with Gasteiger partial charge in [0.15, 0.2) is 0 Å². The average molecular weight is 566 g/mol. The predicted molar refractivity (Wildman–Crippen MR) is 148 cm³/mol. The molecule has 3 heterocycles. The van der Waals surface area contributed by atoms with Crippen molar-refractivity contribution in [3.05, 3.63) is 96.0 Å². The molecule has 0 aliphatic carbocycles. The molecule has 1 unspecified atom stereocenters. The van der Waals surface area contributed by atoms with Crippen molar-refractivity contribution in [3.63, 3.8) is 0 Å². The Kier molecular flexibility index (Phi) is 8.13. The lowest BCUT2D eigenvalue weighted by atomic mass is 10.0. The van der Waals surface area contributed by atoms with Crippen molar-refractivity contribution in [2.45, 2.75) is 45.9 Å². The van der Waals surface area contributed by atoms with E-state index in [0.29, 0.717) is 18.7 Å². The second kappa shape index (κ2) is 11.7. The van der Waals surface area contributed by atoms with Gasteiger partial charge >= 0.3 is 0 Å². The normalized spacial score (nSPS) is 17.9. The smallest absolute Gasteiger partial charge is 0.241 e. The third kappa shape index (κ3) is 6.48. The van der Waals surface area contributed by atoms with Gasteiger partial charge in [0, 0.05) is 13.1 Å². The second-order valence-corrected chi connectivity index (χ2v) is 12.5. The maximum absolute atomic E-state index is 13.8. The van der Waals surface area contributed by atoms with Gasteiger partial charge < -0.3 is 9.32 Å². The van der Waals surface area contributed by atoms with Crippen LogP contribution in [0.25, 0.3) is 11.1 Å². The van der Waals surface area contributed by atoms with Gasteiger partial charge in [-0.1, -0.05) is 55.5 Å². The largest absolute Gasteiger partial charge is 0.467 e. The van der Waals surface area contributed by atoms with Crippen LogP contribution in [0.5, 0.6) is 0 Å². The van der Waals surface area contributed by atoms with Crippen LogP contribution in [-0.4, -0.2) is 56.9 Å². The van der Waals surface area contributed by atoms with Gasteiger partial charge in [0.2, 0.25) is 15.9 Å². The molecule has 5 rings (SSSR count). The fraction of sp³-hybridized carbons (Fsp3) is 0.345. The second-order valence-electron chi connectivity index (χ2n) is 10.5. The molecule has 40 heavy (non-hydrogen) atoms. The summed E-state index contributed by atoms with van der Waals surface area (Å²) >= 11 is 0. The Morgan fingerprint density at radius 1 is 1.00 bits per heavy atom. The van der Waals surface area contributed by atoms with E-state index in [9.17, 15) is 17.6 Å². The first-order chi connectivity index (χ1) is 19.2. The number of halogens is 1. The number of carbonyl (C=O) groups is 1. The van der Waals surface area contributed by atoms with Crippen LogP contribution < -0.4 is 0 Å². The van der Waals surface area contributed by atoms with Crippen molar-refractivity contribution in [2.75, 3.05) is 12.3 Å². The Morgan fingerprint density at radius 3 is 2.35 bits per heavy atom. The van der Waals surface area contributed by atoms with Gasteiger partial charge in [-0.2, -0.15) is 4.31 Å². The highest BCUT2D eigenvalue weighted by Crippen LogP contribution is 2.26. The van der Waals surface area contributed by atoms with E-state index in [2.05, 4.69) is 10.3 Å². The lowest BCUT2D eigenvalue weighted by molar-refractivity contribution is -0.136. The maximum Gasteiger partial charge on any atom is 0.241 e. The van der Waals surface area contributed by atoms with Gasteiger partial charge in [0.1, 0.15) is 29.9 Å². The summed E-state index contributed by atoms with van der Waals surface area (Å²) in [4.78, 5) is 15.4. The first kappa shape index (κ1) is 27.7. The minimum atomic E-state index is -3.73. The van der Waals surface area contributed by atoms with Crippen LogP contribution in [0.15, 0.2) is 77.5 Å². The summed E-state index contributed by atoms with van der Waals surface area (Å²) in [5, 5.41) is 8.32. The fourth-order valence-electron chi connectivity index (χ4n) is 4.88. The summed E-state index contributed by atoms with van der Waals surface area (Å²) in [6.45, 7) is 4.69. The molecule has 0 radical (unpaired) electrons. The van der Waals surface area contributed by atoms with Gasteiger partial charge in [-0.15, -0.1) is 5.10 Å². The Bertz CT molecular complexity index is 1530. The summed E-state index contributed by atoms with van der Waals surface area (Å²) in [6, 6.07) is 16.5. The van der Waals surface area contributed by atoms with Crippen LogP contribution in [0.2, 0.25) is 0 Å². The van der Waals surface area contributed by atoms with Gasteiger partial charge in [-0.25, -0.2) is 17.5 Å². The summed E-state index contributed by atoms with van der Waals surface area (Å²) in [5.74, 6) is 0.105. The summed E-state index contributed by atoms with van der Waals surface area (Å²) in [7, 11) is -3.73. The lowest BCUT2D eigenvalue weighted by Gasteiger charge is -2.30. The van der Waals surface area contributed by atoms with Crippen molar-refractivity contribution in [1.29, 1.82) is 0 Å². The highest BCUT2D eigenvalue weighted by atomic mass is 32.2. The lowest BCUT2D eigenvalue weighted by Crippen LogP contribution is -2.47. The van der Waals surface area contributed by atoms with Crippen molar-refractivity contribution in [2.24, 2.45) is 5.92 Å². The van der Waals surface area contributed by atoms with E-state index in [1.165, 1.54) is 16.4 Å². The van der Waals surface area contributed by atoms with E-state index >= 15 is 0 Å². The molecule has 4 aromatic rings. The first-order valence-electron chi connectivity index (χ1n) is 13.2. The number of amides is 1. The number of benzene rings is 2. The zero-order valence-electron chi connectivity index (χ0n) is 22.5. The molecule has 2 aromatic heterocycles. The van der Waals surface area contributed by atoms with Crippen LogP contribution in [0.1, 0.15) is 37.3 Å². The van der Waals surface area contributed by atoms with E-state index in [0.717, 1.165) is 22.5 Å². The number of hydrogen-bond donors (Lipinski definition) is 0. The molecule has 0 N–H and O–H groups in total. The number of sulfonamides is 1. The average Bonchev–Trinajstić information content (AvgIpc) is 3.59. The van der Waals surface area contributed by atoms with E-state index in [1.54, 1.807) is 40.2 Å². The Labute approximate surface area is 233 Å². The van der Waals surface area contributed by atoms with Crippen molar-refractivity contribution >= 4 is 15.9 Å². The fourth-order valence-corrected chi connectivity index (χ4v) is 6.48. The molecule has 2 aromatic carbocycles. The third-order valence-corrected chi connectivity index (χ3v) is 8.72. The molecule has 9 nitrogen and oxygen atoms in total. The molecular formula is C29H32FN5O4S. The summed E-state index contributed by atoms with van der Waals surface area (Å²) in [5.41, 5.74) is 3.10. The van der Waals surface area contributed by atoms with E-state index in [-0.39, 0.29) is 43.0 Å². The highest BCUT2D eigenvalue weighted by Gasteiger charge is 2.41. The number of aromatic nitrogens is 3. The van der Waals surface area contributed by atoms with Crippen LogP contribution in [-0.2, 0) is 34.5 Å². The Morgan fingerprint density at radius 2 is 1.70 bits per heavy atom. The topological polar surface area (TPSA) is 102 Å². The van der Waals surface area contributed by atoms with Crippen molar-refractivity contribution in [3.8, 4) is 11.1 Å². The van der Waals surface area contributed by atoms with Gasteiger partial charge in [-0.3, -0.25) is 4.79 Å². The minimum Gasteiger partial charge on any atom is -0.467 e. The maximum atomic E-state index is 13.8. The van der Waals surface area contributed by atoms with Crippen LogP contribution in [0, 0.1) is 11.7 Å². The zero-order valence-corrected chi connectivity index (χ0v) is 23.3. The molecule has 1 aliphatic rings. The predicted octanol–water partition coefficient (Wildman–Crippen LogP) is 4.31. The van der Waals surface area contributed by atoms with E-state index < -0.39 is 16.1 Å². The zero-order chi connectivity index (χ0) is 28.3. The molecule has 1 atom stereocenters. The van der Waals surface area contributed by atoms with Gasteiger partial charge in [0.25, 0.3) is 0 Å². The van der Waals surface area contributed by atoms with Crippen molar-refractivity contribution in [1.82, 2.24) is 24.2 Å². The molecule has 0 spiro atoms. The Hall–Kier alpha value is -3.83. The van der Waals surface area contributed by atoms with E-state index in [1.807, 2.05) is 44.2 Å². The van der Waals surface area contributed by atoms with Crippen LogP contribution in [0.3, 0.4) is 0 Å². The molecular weight excluding hydrogens is 533 g/mol. The number of nitrogens with zero attached hydrogens (tertiary/aromatic N) is 5. The highest BCUT2D eigenvalue weighted by molar-refractivity contribution is 7.89. The molecule has 210 valence electrons. The quantitative estimate of drug-likeness (QED) is 0.300. The number of furan rings is 1. The first-order valence-corrected chi connectivity index (χ1v) is 14.8. The molecule has 0 saturated carbocycles. The molecule has 1 aliphatic heterocycles. The monoisotopic (exact) mass is 565 g/mol.